The molecular weight excluding hydrogens is 462 g/mol. The van der Waals surface area contributed by atoms with Gasteiger partial charge in [-0.3, -0.25) is 24.4 Å². The van der Waals surface area contributed by atoms with Gasteiger partial charge in [-0.05, 0) is 42.5 Å². The van der Waals surface area contributed by atoms with Crippen molar-refractivity contribution in [2.24, 2.45) is 0 Å². The van der Waals surface area contributed by atoms with E-state index in [2.05, 4.69) is 15.0 Å². The number of benzene rings is 2. The Hall–Kier alpha value is -4.73. The van der Waals surface area contributed by atoms with Crippen molar-refractivity contribution >= 4 is 34.6 Å². The summed E-state index contributed by atoms with van der Waals surface area (Å²) in [5.74, 6) is 1.20. The van der Waals surface area contributed by atoms with E-state index in [-0.39, 0.29) is 37.3 Å². The number of H-pyrrole nitrogens is 1. The summed E-state index contributed by atoms with van der Waals surface area (Å²) in [5, 5.41) is 0. The van der Waals surface area contributed by atoms with Gasteiger partial charge in [-0.2, -0.15) is 0 Å². The van der Waals surface area contributed by atoms with Crippen molar-refractivity contribution in [1.82, 2.24) is 19.9 Å². The van der Waals surface area contributed by atoms with Gasteiger partial charge in [-0.15, -0.1) is 0 Å². The molecule has 180 valence electrons. The predicted octanol–water partition coefficient (Wildman–Crippen LogP) is 4.02. The zero-order chi connectivity index (χ0) is 24.6. The van der Waals surface area contributed by atoms with Crippen molar-refractivity contribution in [3.8, 4) is 23.0 Å². The van der Waals surface area contributed by atoms with Gasteiger partial charge in [0.15, 0.2) is 5.82 Å². The highest BCUT2D eigenvalue weighted by Gasteiger charge is 2.30. The van der Waals surface area contributed by atoms with Gasteiger partial charge in [-0.1, -0.05) is 6.07 Å². The molecule has 2 aliphatic heterocycles. The first kappa shape index (κ1) is 21.8. The predicted molar refractivity (Wildman–Crippen MR) is 129 cm³/mol. The molecule has 1 N–H and O–H groups in total. The fourth-order valence-corrected chi connectivity index (χ4v) is 4.34. The van der Waals surface area contributed by atoms with E-state index in [0.29, 0.717) is 52.9 Å². The maximum Gasteiger partial charge on any atom is 0.414 e. The van der Waals surface area contributed by atoms with Crippen LogP contribution in [0.15, 0.2) is 60.8 Å². The maximum atomic E-state index is 12.3. The molecule has 2 aliphatic rings. The molecule has 10 nitrogen and oxygen atoms in total. The van der Waals surface area contributed by atoms with Crippen LogP contribution in [0, 0.1) is 0 Å². The van der Waals surface area contributed by atoms with Crippen LogP contribution in [0.1, 0.15) is 18.4 Å². The highest BCUT2D eigenvalue weighted by atomic mass is 16.6. The molecule has 0 radical (unpaired) electrons. The number of cyclic esters (lactones) is 1. The van der Waals surface area contributed by atoms with Gasteiger partial charge in [0.1, 0.15) is 23.8 Å². The number of ether oxygens (including phenoxy) is 2. The number of nitrogens with one attached hydrogen (secondary N) is 1. The van der Waals surface area contributed by atoms with Crippen LogP contribution in [-0.4, -0.2) is 50.9 Å². The molecule has 6 rings (SSSR count). The van der Waals surface area contributed by atoms with Crippen molar-refractivity contribution in [3.05, 3.63) is 66.4 Å². The zero-order valence-electron chi connectivity index (χ0n) is 19.1. The number of imidazole rings is 1. The van der Waals surface area contributed by atoms with Crippen LogP contribution in [0.2, 0.25) is 0 Å². The molecule has 2 aromatic heterocycles. The van der Waals surface area contributed by atoms with E-state index in [1.165, 1.54) is 4.90 Å². The second-order valence-electron chi connectivity index (χ2n) is 8.51. The molecule has 2 aromatic carbocycles. The van der Waals surface area contributed by atoms with Crippen molar-refractivity contribution in [2.45, 2.75) is 19.4 Å². The van der Waals surface area contributed by atoms with Crippen LogP contribution in [0.3, 0.4) is 0 Å². The third-order valence-corrected chi connectivity index (χ3v) is 6.19. The molecule has 0 spiro atoms. The number of nitrogens with zero attached hydrogens (tertiary/aromatic N) is 4. The molecule has 4 heterocycles. The zero-order valence-corrected chi connectivity index (χ0v) is 19.1. The Bertz CT molecular complexity index is 1470. The number of amides is 3. The molecule has 2 saturated heterocycles. The molecule has 0 atom stereocenters. The molecule has 4 aromatic rings. The number of likely N-dealkylation sites (tertiary alicyclic amines) is 1. The molecule has 0 bridgehead atoms. The molecule has 0 unspecified atom stereocenters. The largest absolute Gasteiger partial charge is 0.457 e. The van der Waals surface area contributed by atoms with E-state index in [4.69, 9.17) is 9.47 Å². The lowest BCUT2D eigenvalue weighted by atomic mass is 10.1. The normalized spacial score (nSPS) is 15.7. The number of imide groups is 1. The number of hydrogen-bond acceptors (Lipinski definition) is 7. The Morgan fingerprint density at radius 2 is 1.81 bits per heavy atom. The number of carbonyl (C=O) groups excluding carboxylic acids is 3. The summed E-state index contributed by atoms with van der Waals surface area (Å²) in [6.07, 6.45) is 1.74. The van der Waals surface area contributed by atoms with Gasteiger partial charge >= 0.3 is 6.09 Å². The smallest absolute Gasteiger partial charge is 0.414 e. The average Bonchev–Trinajstić information content (AvgIpc) is 3.60. The lowest BCUT2D eigenvalue weighted by Crippen LogP contribution is -2.28. The molecular formula is C26H21N5O5. The number of carbonyl (C=O) groups is 3. The first-order valence-corrected chi connectivity index (χ1v) is 11.5. The van der Waals surface area contributed by atoms with Gasteiger partial charge in [-0.25, -0.2) is 9.78 Å². The Morgan fingerprint density at radius 1 is 1.00 bits per heavy atom. The number of pyridine rings is 1. The van der Waals surface area contributed by atoms with Crippen LogP contribution in [0.4, 0.5) is 10.5 Å². The first-order valence-electron chi connectivity index (χ1n) is 11.5. The van der Waals surface area contributed by atoms with Gasteiger partial charge in [0.25, 0.3) is 0 Å². The van der Waals surface area contributed by atoms with Crippen LogP contribution in [0.25, 0.3) is 22.6 Å². The average molecular weight is 483 g/mol. The van der Waals surface area contributed by atoms with Gasteiger partial charge in [0.05, 0.1) is 24.1 Å². The second kappa shape index (κ2) is 8.81. The van der Waals surface area contributed by atoms with Gasteiger partial charge < -0.3 is 14.5 Å². The van der Waals surface area contributed by atoms with Crippen molar-refractivity contribution in [2.75, 3.05) is 18.1 Å². The molecule has 10 heteroatoms. The molecule has 2 fully saturated rings. The van der Waals surface area contributed by atoms with E-state index < -0.39 is 0 Å². The summed E-state index contributed by atoms with van der Waals surface area (Å²) in [5.41, 5.74) is 3.46. The van der Waals surface area contributed by atoms with E-state index in [1.807, 2.05) is 24.3 Å². The van der Waals surface area contributed by atoms with Crippen LogP contribution in [-0.2, 0) is 20.9 Å². The van der Waals surface area contributed by atoms with Crippen molar-refractivity contribution in [1.29, 1.82) is 0 Å². The van der Waals surface area contributed by atoms with Crippen LogP contribution >= 0.6 is 0 Å². The highest BCUT2D eigenvalue weighted by molar-refractivity contribution is 6.02. The van der Waals surface area contributed by atoms with Crippen molar-refractivity contribution in [3.63, 3.8) is 0 Å². The Morgan fingerprint density at radius 3 is 2.50 bits per heavy atom. The SMILES string of the molecule is O=C1CCC(=O)N1Cc1cc2[nH]c(-c3ccccn3)nc2cc1Oc1ccc(N2CCOC2=O)cc1. The monoisotopic (exact) mass is 483 g/mol. The summed E-state index contributed by atoms with van der Waals surface area (Å²) in [4.78, 5) is 51.5. The maximum absolute atomic E-state index is 12.3. The lowest BCUT2D eigenvalue weighted by Gasteiger charge is -2.18. The Kier molecular flexibility index (Phi) is 5.33. The minimum absolute atomic E-state index is 0.0958. The molecule has 0 aliphatic carbocycles. The number of rotatable bonds is 6. The first-order chi connectivity index (χ1) is 17.5. The topological polar surface area (TPSA) is 118 Å². The summed E-state index contributed by atoms with van der Waals surface area (Å²) < 4.78 is 11.2. The third kappa shape index (κ3) is 4.02. The molecule has 36 heavy (non-hydrogen) atoms. The number of fused-ring (bicyclic) bond motifs is 1. The fraction of sp³-hybridized carbons (Fsp3) is 0.192. The number of anilines is 1. The summed E-state index contributed by atoms with van der Waals surface area (Å²) in [6, 6.07) is 16.3. The standard InChI is InChI=1S/C26H21N5O5/c32-23-8-9-24(33)31(23)15-16-13-20-21(29-25(28-20)19-3-1-2-10-27-19)14-22(16)36-18-6-4-17(5-7-18)30-11-12-35-26(30)34/h1-7,10,13-14H,8-9,11-12,15H2,(H,28,29). The fourth-order valence-electron chi connectivity index (χ4n) is 4.34. The van der Waals surface area contributed by atoms with E-state index in [1.54, 1.807) is 41.4 Å². The quantitative estimate of drug-likeness (QED) is 0.412. The lowest BCUT2D eigenvalue weighted by molar-refractivity contribution is -0.139. The van der Waals surface area contributed by atoms with Gasteiger partial charge in [0, 0.05) is 36.4 Å². The molecule has 0 saturated carbocycles. The van der Waals surface area contributed by atoms with E-state index in [0.717, 1.165) is 5.52 Å². The Balaban J connectivity index is 1.35. The van der Waals surface area contributed by atoms with Crippen LogP contribution in [0.5, 0.6) is 11.5 Å². The van der Waals surface area contributed by atoms with Gasteiger partial charge in [0.2, 0.25) is 11.8 Å². The van der Waals surface area contributed by atoms with E-state index in [9.17, 15) is 14.4 Å². The van der Waals surface area contributed by atoms with E-state index >= 15 is 0 Å². The number of aromatic amines is 1. The second-order valence-corrected chi connectivity index (χ2v) is 8.51. The minimum Gasteiger partial charge on any atom is -0.457 e. The summed E-state index contributed by atoms with van der Waals surface area (Å²) in [6.45, 7) is 0.951. The van der Waals surface area contributed by atoms with Crippen molar-refractivity contribution < 1.29 is 23.9 Å². The summed E-state index contributed by atoms with van der Waals surface area (Å²) in [7, 11) is 0. The number of hydrogen-bond donors (Lipinski definition) is 1. The highest BCUT2D eigenvalue weighted by Crippen LogP contribution is 2.33. The molecule has 3 amide bonds. The van der Waals surface area contributed by atoms with Crippen LogP contribution < -0.4 is 9.64 Å². The Labute approximate surface area is 205 Å². The minimum atomic E-state index is -0.376. The summed E-state index contributed by atoms with van der Waals surface area (Å²) >= 11 is 0. The number of aromatic nitrogens is 3. The third-order valence-electron chi connectivity index (χ3n) is 6.19.